The Balaban J connectivity index is 2.40. The van der Waals surface area contributed by atoms with Crippen LogP contribution in [0.25, 0.3) is 6.08 Å². The van der Waals surface area contributed by atoms with E-state index in [0.29, 0.717) is 28.1 Å². The van der Waals surface area contributed by atoms with Gasteiger partial charge in [-0.2, -0.15) is 0 Å². The molecule has 1 aliphatic heterocycles. The lowest BCUT2D eigenvalue weighted by Gasteiger charge is -2.14. The van der Waals surface area contributed by atoms with Gasteiger partial charge in [0, 0.05) is 11.5 Å². The van der Waals surface area contributed by atoms with Crippen molar-refractivity contribution in [3.05, 3.63) is 27.9 Å². The molecule has 7 nitrogen and oxygen atoms in total. The molecule has 0 aliphatic carbocycles. The summed E-state index contributed by atoms with van der Waals surface area (Å²) in [7, 11) is 2.89. The van der Waals surface area contributed by atoms with Gasteiger partial charge in [0.2, 0.25) is 0 Å². The molecule has 2 rings (SSSR count). The molecule has 0 aromatic heterocycles. The topological polar surface area (TPSA) is 79.3 Å². The second kappa shape index (κ2) is 7.83. The highest BCUT2D eigenvalue weighted by Gasteiger charge is 2.37. The summed E-state index contributed by atoms with van der Waals surface area (Å²) in [5, 5.41) is 10.1. The Labute approximate surface area is 158 Å². The molecule has 1 saturated heterocycles. The quantitative estimate of drug-likeness (QED) is 0.437. The number of rotatable bonds is 5. The molecule has 1 aromatic carbocycles. The SMILES string of the molecule is CCOc1cc(/C=C2/C(=O)N(CC(=O)OC)C(=S)N2C)c(Br)cc1O. The number of halogens is 1. The minimum atomic E-state index is -0.560. The van der Waals surface area contributed by atoms with Crippen molar-refractivity contribution in [2.45, 2.75) is 6.92 Å². The lowest BCUT2D eigenvalue weighted by Crippen LogP contribution is -2.36. The summed E-state index contributed by atoms with van der Waals surface area (Å²) in [5.41, 5.74) is 0.918. The summed E-state index contributed by atoms with van der Waals surface area (Å²) in [6, 6.07) is 3.10. The summed E-state index contributed by atoms with van der Waals surface area (Å²) >= 11 is 8.58. The van der Waals surface area contributed by atoms with Gasteiger partial charge in [0.15, 0.2) is 16.6 Å². The monoisotopic (exact) mass is 428 g/mol. The predicted molar refractivity (Wildman–Crippen MR) is 99.0 cm³/mol. The van der Waals surface area contributed by atoms with Gasteiger partial charge in [0.1, 0.15) is 12.2 Å². The standard InChI is InChI=1S/C16H17BrN2O5S/c1-4-24-13-6-9(10(17)7-12(13)20)5-11-15(22)19(8-14(21)23-3)16(25)18(11)2/h5-7,20H,4,8H2,1-3H3/b11-5-. The first-order valence-corrected chi connectivity index (χ1v) is 8.53. The van der Waals surface area contributed by atoms with Crippen LogP contribution in [-0.2, 0) is 14.3 Å². The van der Waals surface area contributed by atoms with Crippen LogP contribution in [-0.4, -0.2) is 59.2 Å². The van der Waals surface area contributed by atoms with E-state index in [-0.39, 0.29) is 17.4 Å². The lowest BCUT2D eigenvalue weighted by molar-refractivity contribution is -0.143. The van der Waals surface area contributed by atoms with Crippen LogP contribution in [0.3, 0.4) is 0 Å². The van der Waals surface area contributed by atoms with E-state index < -0.39 is 11.9 Å². The maximum atomic E-state index is 12.6. The molecule has 1 amide bonds. The number of amides is 1. The number of carbonyl (C=O) groups excluding carboxylic acids is 2. The third-order valence-corrected chi connectivity index (χ3v) is 4.71. The van der Waals surface area contributed by atoms with E-state index >= 15 is 0 Å². The molecule has 25 heavy (non-hydrogen) atoms. The first kappa shape index (κ1) is 19.2. The third-order valence-electron chi connectivity index (χ3n) is 3.53. The fourth-order valence-corrected chi connectivity index (χ4v) is 2.92. The van der Waals surface area contributed by atoms with E-state index in [1.165, 1.54) is 23.0 Å². The smallest absolute Gasteiger partial charge is 0.325 e. The molecule has 0 unspecified atom stereocenters. The molecule has 1 aromatic rings. The van der Waals surface area contributed by atoms with E-state index in [2.05, 4.69) is 20.7 Å². The van der Waals surface area contributed by atoms with Gasteiger partial charge in [-0.3, -0.25) is 14.5 Å². The van der Waals surface area contributed by atoms with Gasteiger partial charge in [-0.05, 0) is 42.9 Å². The van der Waals surface area contributed by atoms with Crippen molar-refractivity contribution in [1.29, 1.82) is 0 Å². The summed E-state index contributed by atoms with van der Waals surface area (Å²) in [4.78, 5) is 26.8. The fourth-order valence-electron chi connectivity index (χ4n) is 2.23. The average Bonchev–Trinajstić information content (AvgIpc) is 2.76. The van der Waals surface area contributed by atoms with E-state index in [0.717, 1.165) is 0 Å². The van der Waals surface area contributed by atoms with Gasteiger partial charge in [-0.15, -0.1) is 0 Å². The maximum absolute atomic E-state index is 12.6. The van der Waals surface area contributed by atoms with Gasteiger partial charge in [-0.1, -0.05) is 15.9 Å². The number of phenols is 1. The molecule has 1 fully saturated rings. The minimum absolute atomic E-state index is 0.00943. The van der Waals surface area contributed by atoms with Crippen LogP contribution in [0.4, 0.5) is 0 Å². The molecule has 1 N–H and O–H groups in total. The van der Waals surface area contributed by atoms with E-state index in [4.69, 9.17) is 17.0 Å². The van der Waals surface area contributed by atoms with Gasteiger partial charge < -0.3 is 19.5 Å². The Bertz CT molecular complexity index is 765. The number of hydrogen-bond donors (Lipinski definition) is 1. The second-order valence-electron chi connectivity index (χ2n) is 5.11. The largest absolute Gasteiger partial charge is 0.504 e. The van der Waals surface area contributed by atoms with Crippen molar-refractivity contribution in [3.8, 4) is 11.5 Å². The molecule has 0 saturated carbocycles. The molecular weight excluding hydrogens is 412 g/mol. The molecule has 1 heterocycles. The Morgan fingerprint density at radius 3 is 2.72 bits per heavy atom. The zero-order valence-corrected chi connectivity index (χ0v) is 16.3. The normalized spacial score (nSPS) is 15.9. The Morgan fingerprint density at radius 1 is 1.44 bits per heavy atom. The number of hydrogen-bond acceptors (Lipinski definition) is 6. The van der Waals surface area contributed by atoms with Crippen LogP contribution in [0.5, 0.6) is 11.5 Å². The van der Waals surface area contributed by atoms with E-state index in [1.54, 1.807) is 26.1 Å². The van der Waals surface area contributed by atoms with Crippen molar-refractivity contribution in [2.75, 3.05) is 27.3 Å². The molecule has 0 spiro atoms. The Morgan fingerprint density at radius 2 is 2.12 bits per heavy atom. The van der Waals surface area contributed by atoms with Crippen LogP contribution in [0.2, 0.25) is 0 Å². The zero-order chi connectivity index (χ0) is 18.7. The number of likely N-dealkylation sites (N-methyl/N-ethyl adjacent to an activating group) is 1. The number of ether oxygens (including phenoxy) is 2. The van der Waals surface area contributed by atoms with Crippen molar-refractivity contribution >= 4 is 51.2 Å². The van der Waals surface area contributed by atoms with Crippen LogP contribution in [0.1, 0.15) is 12.5 Å². The molecule has 1 aliphatic rings. The predicted octanol–water partition coefficient (Wildman–Crippen LogP) is 2.13. The number of benzene rings is 1. The summed E-state index contributed by atoms with van der Waals surface area (Å²) in [6.07, 6.45) is 1.61. The number of carbonyl (C=O) groups is 2. The van der Waals surface area contributed by atoms with E-state index in [1.807, 2.05) is 0 Å². The molecule has 9 heteroatoms. The second-order valence-corrected chi connectivity index (χ2v) is 6.33. The van der Waals surface area contributed by atoms with Crippen molar-refractivity contribution in [3.63, 3.8) is 0 Å². The molecular formula is C16H17BrN2O5S. The first-order valence-electron chi connectivity index (χ1n) is 7.33. The number of thiocarbonyl (C=S) groups is 1. The summed E-state index contributed by atoms with van der Waals surface area (Å²) in [5.74, 6) is -0.671. The first-order chi connectivity index (χ1) is 11.8. The molecule has 0 radical (unpaired) electrons. The maximum Gasteiger partial charge on any atom is 0.325 e. The third kappa shape index (κ3) is 3.93. The summed E-state index contributed by atoms with van der Waals surface area (Å²) in [6.45, 7) is 1.94. The number of esters is 1. The highest BCUT2D eigenvalue weighted by atomic mass is 79.9. The van der Waals surface area contributed by atoms with Crippen LogP contribution >= 0.6 is 28.1 Å². The number of aromatic hydroxyl groups is 1. The van der Waals surface area contributed by atoms with E-state index in [9.17, 15) is 14.7 Å². The fraction of sp³-hybridized carbons (Fsp3) is 0.312. The van der Waals surface area contributed by atoms with Crippen molar-refractivity contribution in [1.82, 2.24) is 9.80 Å². The molecule has 0 bridgehead atoms. The van der Waals surface area contributed by atoms with Gasteiger partial charge in [0.05, 0.1) is 13.7 Å². The van der Waals surface area contributed by atoms with Gasteiger partial charge in [-0.25, -0.2) is 0 Å². The summed E-state index contributed by atoms with van der Waals surface area (Å²) < 4.78 is 10.5. The minimum Gasteiger partial charge on any atom is -0.504 e. The van der Waals surface area contributed by atoms with Crippen LogP contribution in [0, 0.1) is 0 Å². The molecule has 134 valence electrons. The number of nitrogens with zero attached hydrogens (tertiary/aromatic N) is 2. The van der Waals surface area contributed by atoms with Gasteiger partial charge in [0.25, 0.3) is 5.91 Å². The van der Waals surface area contributed by atoms with Crippen molar-refractivity contribution < 1.29 is 24.2 Å². The average molecular weight is 429 g/mol. The zero-order valence-electron chi connectivity index (χ0n) is 13.9. The van der Waals surface area contributed by atoms with Crippen LogP contribution in [0.15, 0.2) is 22.3 Å². The van der Waals surface area contributed by atoms with Crippen molar-refractivity contribution in [2.24, 2.45) is 0 Å². The highest BCUT2D eigenvalue weighted by molar-refractivity contribution is 9.10. The Kier molecular flexibility index (Phi) is 6.02. The lowest BCUT2D eigenvalue weighted by atomic mass is 10.1. The number of methoxy groups -OCH3 is 1. The molecule has 0 atom stereocenters. The van der Waals surface area contributed by atoms with Gasteiger partial charge >= 0.3 is 5.97 Å². The Hall–Kier alpha value is -2.13. The number of phenolic OH excluding ortho intramolecular Hbond substituents is 1. The van der Waals surface area contributed by atoms with Crippen LogP contribution < -0.4 is 4.74 Å². The highest BCUT2D eigenvalue weighted by Crippen LogP contribution is 2.34.